The van der Waals surface area contributed by atoms with Crippen molar-refractivity contribution in [3.05, 3.63) is 60.2 Å². The molecule has 1 aliphatic rings. The van der Waals surface area contributed by atoms with E-state index in [-0.39, 0.29) is 24.5 Å². The molecular formula is C30H38N4O6. The molecule has 3 aromatic rings. The predicted octanol–water partition coefficient (Wildman–Crippen LogP) is 4.39. The Balaban J connectivity index is 1.85. The van der Waals surface area contributed by atoms with E-state index >= 15 is 0 Å². The van der Waals surface area contributed by atoms with Crippen molar-refractivity contribution in [3.8, 4) is 11.5 Å². The average molecular weight is 551 g/mol. The number of carbonyl (C=O) groups excluding carboxylic acids is 2. The minimum atomic E-state index is -0.272. The summed E-state index contributed by atoms with van der Waals surface area (Å²) in [5, 5.41) is 3.03. The number of hydrogen-bond acceptors (Lipinski definition) is 7. The average Bonchev–Trinajstić information content (AvgIpc) is 3.14. The van der Waals surface area contributed by atoms with Crippen molar-refractivity contribution in [2.45, 2.75) is 32.2 Å². The predicted molar refractivity (Wildman–Crippen MR) is 153 cm³/mol. The molecule has 10 heteroatoms. The second-order valence-electron chi connectivity index (χ2n) is 9.71. The highest BCUT2D eigenvalue weighted by molar-refractivity contribution is 6.04. The van der Waals surface area contributed by atoms with Crippen LogP contribution in [0.2, 0.25) is 0 Å². The van der Waals surface area contributed by atoms with Crippen molar-refractivity contribution >= 4 is 28.8 Å². The number of likely N-dealkylation sites (tertiary alicyclic amines) is 1. The first-order valence-corrected chi connectivity index (χ1v) is 13.5. The molecule has 1 N–H and O–H groups in total. The van der Waals surface area contributed by atoms with Crippen LogP contribution in [0.1, 0.15) is 41.2 Å². The highest BCUT2D eigenvalue weighted by Gasteiger charge is 2.29. The first-order valence-electron chi connectivity index (χ1n) is 13.5. The van der Waals surface area contributed by atoms with Gasteiger partial charge in [-0.1, -0.05) is 24.3 Å². The van der Waals surface area contributed by atoms with Crippen LogP contribution in [0.15, 0.2) is 49.1 Å². The number of nitrogens with zero attached hydrogens (tertiary/aromatic N) is 3. The van der Waals surface area contributed by atoms with Gasteiger partial charge in [0.2, 0.25) is 11.9 Å². The van der Waals surface area contributed by atoms with Crippen molar-refractivity contribution in [1.82, 2.24) is 14.5 Å². The van der Waals surface area contributed by atoms with Crippen LogP contribution in [0.3, 0.4) is 0 Å². The number of anilines is 1. The zero-order valence-corrected chi connectivity index (χ0v) is 23.5. The molecule has 0 aliphatic carbocycles. The SMILES string of the molecule is C=CC(=O)N1CCCCC(n2c(NC(=O)c3cccc(C)c3)nc3ccc(OCCOC)c(OCCOC)c32)C1. The van der Waals surface area contributed by atoms with E-state index in [0.717, 1.165) is 24.8 Å². The number of ether oxygens (including phenoxy) is 4. The number of methoxy groups -OCH3 is 2. The summed E-state index contributed by atoms with van der Waals surface area (Å²) in [6.45, 7) is 8.11. The fourth-order valence-electron chi connectivity index (χ4n) is 4.92. The molecule has 1 fully saturated rings. The molecule has 40 heavy (non-hydrogen) atoms. The minimum Gasteiger partial charge on any atom is -0.487 e. The Bertz CT molecular complexity index is 1340. The second kappa shape index (κ2) is 14.0. The molecule has 1 atom stereocenters. The quantitative estimate of drug-likeness (QED) is 0.264. The van der Waals surface area contributed by atoms with Crippen LogP contribution in [0.25, 0.3) is 11.0 Å². The standard InChI is InChI=1S/C30H38N4O6/c1-5-26(35)33-14-7-6-11-23(20-33)34-27-24(31-30(34)32-29(36)22-10-8-9-21(2)19-22)12-13-25(39-17-15-37-3)28(27)40-18-16-38-4/h5,8-10,12-13,19,23H,1,6-7,11,14-18,20H2,2-4H3,(H,31,32,36). The van der Waals surface area contributed by atoms with Gasteiger partial charge in [-0.2, -0.15) is 0 Å². The third kappa shape index (κ3) is 6.81. The number of nitrogens with one attached hydrogen (secondary N) is 1. The number of imidazole rings is 1. The topological polar surface area (TPSA) is 104 Å². The van der Waals surface area contributed by atoms with Crippen molar-refractivity contribution in [1.29, 1.82) is 0 Å². The summed E-state index contributed by atoms with van der Waals surface area (Å²) < 4.78 is 24.7. The molecule has 1 unspecified atom stereocenters. The molecule has 1 saturated heterocycles. The monoisotopic (exact) mass is 550 g/mol. The van der Waals surface area contributed by atoms with E-state index < -0.39 is 0 Å². The molecule has 2 amide bonds. The molecule has 214 valence electrons. The molecule has 1 aromatic heterocycles. The Morgan fingerprint density at radius 1 is 1.07 bits per heavy atom. The maximum absolute atomic E-state index is 13.4. The van der Waals surface area contributed by atoms with Gasteiger partial charge in [-0.25, -0.2) is 4.98 Å². The Kier molecular flexibility index (Phi) is 10.2. The number of carbonyl (C=O) groups is 2. The normalized spacial score (nSPS) is 15.5. The van der Waals surface area contributed by atoms with Gasteiger partial charge < -0.3 is 28.4 Å². The summed E-state index contributed by atoms with van der Waals surface area (Å²) in [7, 11) is 3.23. The maximum Gasteiger partial charge on any atom is 0.257 e. The van der Waals surface area contributed by atoms with Gasteiger partial charge in [-0.15, -0.1) is 0 Å². The molecule has 2 aromatic carbocycles. The lowest BCUT2D eigenvalue weighted by Gasteiger charge is -2.26. The van der Waals surface area contributed by atoms with Gasteiger partial charge in [0.25, 0.3) is 5.91 Å². The molecular weight excluding hydrogens is 512 g/mol. The lowest BCUT2D eigenvalue weighted by atomic mass is 10.1. The number of fused-ring (bicyclic) bond motifs is 1. The van der Waals surface area contributed by atoms with E-state index in [1.807, 2.05) is 41.8 Å². The molecule has 1 aliphatic heterocycles. The largest absolute Gasteiger partial charge is 0.487 e. The Morgan fingerprint density at radius 3 is 2.58 bits per heavy atom. The van der Waals surface area contributed by atoms with Crippen LogP contribution >= 0.6 is 0 Å². The van der Waals surface area contributed by atoms with E-state index in [1.54, 1.807) is 25.2 Å². The lowest BCUT2D eigenvalue weighted by Crippen LogP contribution is -2.34. The van der Waals surface area contributed by atoms with Gasteiger partial charge in [0.15, 0.2) is 11.5 Å². The number of aryl methyl sites for hydroxylation is 1. The highest BCUT2D eigenvalue weighted by atomic mass is 16.5. The number of aromatic nitrogens is 2. The second-order valence-corrected chi connectivity index (χ2v) is 9.71. The summed E-state index contributed by atoms with van der Waals surface area (Å²) in [6.07, 6.45) is 3.90. The van der Waals surface area contributed by atoms with Gasteiger partial charge in [0.05, 0.1) is 24.8 Å². The van der Waals surface area contributed by atoms with Crippen LogP contribution in [0.5, 0.6) is 11.5 Å². The van der Waals surface area contributed by atoms with Crippen LogP contribution in [-0.4, -0.2) is 80.0 Å². The van der Waals surface area contributed by atoms with Gasteiger partial charge in [-0.3, -0.25) is 14.9 Å². The van der Waals surface area contributed by atoms with E-state index in [1.165, 1.54) is 6.08 Å². The van der Waals surface area contributed by atoms with Crippen LogP contribution in [0.4, 0.5) is 5.95 Å². The Hall–Kier alpha value is -3.89. The number of rotatable bonds is 12. The highest BCUT2D eigenvalue weighted by Crippen LogP contribution is 2.40. The van der Waals surface area contributed by atoms with Gasteiger partial charge in [0.1, 0.15) is 18.7 Å². The molecule has 10 nitrogen and oxygen atoms in total. The van der Waals surface area contributed by atoms with E-state index in [0.29, 0.717) is 67.0 Å². The van der Waals surface area contributed by atoms with Crippen molar-refractivity contribution < 1.29 is 28.5 Å². The molecule has 2 heterocycles. The van der Waals surface area contributed by atoms with Gasteiger partial charge in [0, 0.05) is 32.9 Å². The number of amides is 2. The third-order valence-corrected chi connectivity index (χ3v) is 6.85. The fraction of sp³-hybridized carbons (Fsp3) is 0.433. The first kappa shape index (κ1) is 29.1. The van der Waals surface area contributed by atoms with Crippen molar-refractivity contribution in [3.63, 3.8) is 0 Å². The summed E-state index contributed by atoms with van der Waals surface area (Å²) in [6, 6.07) is 10.9. The summed E-state index contributed by atoms with van der Waals surface area (Å²) in [4.78, 5) is 32.7. The number of hydrogen-bond donors (Lipinski definition) is 1. The van der Waals surface area contributed by atoms with Gasteiger partial charge >= 0.3 is 0 Å². The molecule has 0 saturated carbocycles. The molecule has 0 radical (unpaired) electrons. The summed E-state index contributed by atoms with van der Waals surface area (Å²) in [5.74, 6) is 1.02. The summed E-state index contributed by atoms with van der Waals surface area (Å²) in [5.41, 5.74) is 2.83. The van der Waals surface area contributed by atoms with Crippen molar-refractivity contribution in [2.75, 3.05) is 59.1 Å². The zero-order valence-electron chi connectivity index (χ0n) is 23.5. The third-order valence-electron chi connectivity index (χ3n) is 6.85. The van der Waals surface area contributed by atoms with E-state index in [4.69, 9.17) is 23.9 Å². The van der Waals surface area contributed by atoms with Gasteiger partial charge in [-0.05, 0) is 56.5 Å². The smallest absolute Gasteiger partial charge is 0.257 e. The lowest BCUT2D eigenvalue weighted by molar-refractivity contribution is -0.126. The first-order chi connectivity index (χ1) is 19.5. The molecule has 0 spiro atoms. The fourth-order valence-corrected chi connectivity index (χ4v) is 4.92. The Labute approximate surface area is 234 Å². The maximum atomic E-state index is 13.4. The van der Waals surface area contributed by atoms with Crippen LogP contribution in [0, 0.1) is 6.92 Å². The van der Waals surface area contributed by atoms with E-state index in [9.17, 15) is 9.59 Å². The zero-order chi connectivity index (χ0) is 28.5. The van der Waals surface area contributed by atoms with Crippen LogP contribution < -0.4 is 14.8 Å². The van der Waals surface area contributed by atoms with Crippen molar-refractivity contribution in [2.24, 2.45) is 0 Å². The Morgan fingerprint density at radius 2 is 1.85 bits per heavy atom. The molecule has 0 bridgehead atoms. The van der Waals surface area contributed by atoms with E-state index in [2.05, 4.69) is 11.9 Å². The minimum absolute atomic E-state index is 0.123. The molecule has 4 rings (SSSR count). The van der Waals surface area contributed by atoms with Crippen LogP contribution in [-0.2, 0) is 14.3 Å². The number of benzene rings is 2. The summed E-state index contributed by atoms with van der Waals surface area (Å²) >= 11 is 0.